The molecule has 0 aliphatic rings. The van der Waals surface area contributed by atoms with Crippen molar-refractivity contribution < 1.29 is 4.74 Å². The molecule has 0 aliphatic carbocycles. The van der Waals surface area contributed by atoms with Gasteiger partial charge in [-0.2, -0.15) is 0 Å². The summed E-state index contributed by atoms with van der Waals surface area (Å²) in [5, 5.41) is 2.20. The van der Waals surface area contributed by atoms with Crippen molar-refractivity contribution in [2.75, 3.05) is 6.61 Å². The average molecular weight is 401 g/mol. The first-order valence-electron chi connectivity index (χ1n) is 9.89. The molecule has 0 saturated heterocycles. The first kappa shape index (κ1) is 19.2. The van der Waals surface area contributed by atoms with Gasteiger partial charge in [0.1, 0.15) is 5.75 Å². The minimum absolute atomic E-state index is 0.676. The summed E-state index contributed by atoms with van der Waals surface area (Å²) in [6, 6.07) is 29.1. The van der Waals surface area contributed by atoms with Crippen molar-refractivity contribution in [2.24, 2.45) is 4.99 Å². The summed E-state index contributed by atoms with van der Waals surface area (Å²) in [6.07, 6.45) is 0.962. The SMILES string of the molecule is CCOc1ccc(-c2csc(=Nc3ccccc3)n2CCc2ccccc2)cc1. The van der Waals surface area contributed by atoms with E-state index < -0.39 is 0 Å². The second kappa shape index (κ2) is 9.39. The van der Waals surface area contributed by atoms with Crippen molar-refractivity contribution in [1.82, 2.24) is 4.57 Å². The van der Waals surface area contributed by atoms with Crippen molar-refractivity contribution in [1.29, 1.82) is 0 Å². The molecule has 0 bridgehead atoms. The highest BCUT2D eigenvalue weighted by Gasteiger charge is 2.09. The van der Waals surface area contributed by atoms with Crippen molar-refractivity contribution in [3.05, 3.63) is 101 Å². The normalized spacial score (nSPS) is 11.6. The largest absolute Gasteiger partial charge is 0.494 e. The molecule has 1 heterocycles. The summed E-state index contributed by atoms with van der Waals surface area (Å²) in [6.45, 7) is 3.55. The Bertz CT molecular complexity index is 1100. The molecule has 0 fully saturated rings. The highest BCUT2D eigenvalue weighted by molar-refractivity contribution is 7.07. The Morgan fingerprint density at radius 2 is 1.55 bits per heavy atom. The van der Waals surface area contributed by atoms with Gasteiger partial charge in [0.25, 0.3) is 0 Å². The Labute approximate surface area is 175 Å². The number of ether oxygens (including phenoxy) is 1. The first-order valence-corrected chi connectivity index (χ1v) is 10.8. The van der Waals surface area contributed by atoms with E-state index in [2.05, 4.69) is 52.4 Å². The smallest absolute Gasteiger partial charge is 0.190 e. The zero-order valence-corrected chi connectivity index (χ0v) is 17.3. The van der Waals surface area contributed by atoms with E-state index in [9.17, 15) is 0 Å². The lowest BCUT2D eigenvalue weighted by Crippen LogP contribution is -2.17. The minimum atomic E-state index is 0.676. The molecular weight excluding hydrogens is 376 g/mol. The summed E-state index contributed by atoms with van der Waals surface area (Å²) in [7, 11) is 0. The standard InChI is InChI=1S/C25H24N2OS/c1-2-28-23-15-13-21(14-16-23)24-19-29-25(26-22-11-7-4-8-12-22)27(24)18-17-20-9-5-3-6-10-20/h3-16,19H,2,17-18H2,1H3. The van der Waals surface area contributed by atoms with Gasteiger partial charge < -0.3 is 9.30 Å². The number of nitrogens with zero attached hydrogens (tertiary/aromatic N) is 2. The van der Waals surface area contributed by atoms with Crippen LogP contribution in [-0.4, -0.2) is 11.2 Å². The second-order valence-corrected chi connectivity index (χ2v) is 7.53. The van der Waals surface area contributed by atoms with Gasteiger partial charge in [-0.1, -0.05) is 48.5 Å². The maximum atomic E-state index is 5.59. The maximum absolute atomic E-state index is 5.59. The van der Waals surface area contributed by atoms with E-state index in [4.69, 9.17) is 9.73 Å². The van der Waals surface area contributed by atoms with Crippen LogP contribution in [0.1, 0.15) is 12.5 Å². The number of aryl methyl sites for hydroxylation is 1. The highest BCUT2D eigenvalue weighted by Crippen LogP contribution is 2.24. The monoisotopic (exact) mass is 400 g/mol. The van der Waals surface area contributed by atoms with E-state index in [-0.39, 0.29) is 0 Å². The van der Waals surface area contributed by atoms with Crippen LogP contribution in [-0.2, 0) is 13.0 Å². The summed E-state index contributed by atoms with van der Waals surface area (Å²) in [5.74, 6) is 0.900. The van der Waals surface area contributed by atoms with E-state index in [1.54, 1.807) is 11.3 Å². The molecule has 4 heteroatoms. The van der Waals surface area contributed by atoms with Crippen LogP contribution < -0.4 is 9.54 Å². The number of hydrogen-bond donors (Lipinski definition) is 0. The van der Waals surface area contributed by atoms with Gasteiger partial charge in [0.05, 0.1) is 18.0 Å². The predicted octanol–water partition coefficient (Wildman–Crippen LogP) is 6.09. The van der Waals surface area contributed by atoms with E-state index >= 15 is 0 Å². The molecule has 0 saturated carbocycles. The number of para-hydroxylation sites is 1. The van der Waals surface area contributed by atoms with E-state index in [0.29, 0.717) is 6.61 Å². The Hall–Kier alpha value is -3.11. The zero-order chi connectivity index (χ0) is 19.9. The lowest BCUT2D eigenvalue weighted by Gasteiger charge is -2.10. The lowest BCUT2D eigenvalue weighted by atomic mass is 10.1. The van der Waals surface area contributed by atoms with Gasteiger partial charge in [-0.15, -0.1) is 11.3 Å². The Kier molecular flexibility index (Phi) is 6.22. The van der Waals surface area contributed by atoms with Crippen molar-refractivity contribution in [3.8, 4) is 17.0 Å². The molecule has 1 aromatic heterocycles. The summed E-state index contributed by atoms with van der Waals surface area (Å²) in [4.78, 5) is 5.91. The molecule has 3 nitrogen and oxygen atoms in total. The summed E-state index contributed by atoms with van der Waals surface area (Å²) < 4.78 is 7.91. The Morgan fingerprint density at radius 3 is 2.24 bits per heavy atom. The van der Waals surface area contributed by atoms with Crippen LogP contribution >= 0.6 is 11.3 Å². The molecule has 0 spiro atoms. The van der Waals surface area contributed by atoms with Crippen LogP contribution in [0.25, 0.3) is 11.3 Å². The number of hydrogen-bond acceptors (Lipinski definition) is 3. The molecule has 146 valence electrons. The second-order valence-electron chi connectivity index (χ2n) is 6.70. The van der Waals surface area contributed by atoms with Crippen molar-refractivity contribution >= 4 is 17.0 Å². The fourth-order valence-electron chi connectivity index (χ4n) is 3.25. The van der Waals surface area contributed by atoms with Gasteiger partial charge in [-0.25, -0.2) is 4.99 Å². The topological polar surface area (TPSA) is 26.5 Å². The number of aromatic nitrogens is 1. The Balaban J connectivity index is 1.71. The molecule has 3 aromatic carbocycles. The van der Waals surface area contributed by atoms with E-state index in [1.807, 2.05) is 49.4 Å². The number of benzene rings is 3. The predicted molar refractivity (Wildman–Crippen MR) is 121 cm³/mol. The third-order valence-electron chi connectivity index (χ3n) is 4.71. The van der Waals surface area contributed by atoms with Crippen LogP contribution in [0.15, 0.2) is 95.3 Å². The van der Waals surface area contributed by atoms with Crippen LogP contribution in [0.4, 0.5) is 5.69 Å². The van der Waals surface area contributed by atoms with Gasteiger partial charge >= 0.3 is 0 Å². The fraction of sp³-hybridized carbons (Fsp3) is 0.160. The summed E-state index contributed by atoms with van der Waals surface area (Å²) >= 11 is 1.68. The molecule has 4 aromatic rings. The van der Waals surface area contributed by atoms with Crippen LogP contribution in [0.2, 0.25) is 0 Å². The molecule has 0 atom stereocenters. The molecule has 0 N–H and O–H groups in total. The zero-order valence-electron chi connectivity index (χ0n) is 16.5. The van der Waals surface area contributed by atoms with Crippen LogP contribution in [0.5, 0.6) is 5.75 Å². The molecule has 0 amide bonds. The average Bonchev–Trinajstić information content (AvgIpc) is 3.17. The van der Waals surface area contributed by atoms with Gasteiger partial charge in [-0.05, 0) is 60.9 Å². The highest BCUT2D eigenvalue weighted by atomic mass is 32.1. The lowest BCUT2D eigenvalue weighted by molar-refractivity contribution is 0.340. The van der Waals surface area contributed by atoms with Gasteiger partial charge in [-0.3, -0.25) is 0 Å². The van der Waals surface area contributed by atoms with Crippen molar-refractivity contribution in [3.63, 3.8) is 0 Å². The molecule has 0 unspecified atom stereocenters. The number of thiazole rings is 1. The fourth-order valence-corrected chi connectivity index (χ4v) is 4.21. The van der Waals surface area contributed by atoms with Crippen molar-refractivity contribution in [2.45, 2.75) is 19.9 Å². The van der Waals surface area contributed by atoms with Crippen LogP contribution in [0, 0.1) is 0 Å². The first-order chi connectivity index (χ1) is 14.3. The molecule has 29 heavy (non-hydrogen) atoms. The molecule has 0 radical (unpaired) electrons. The molecule has 4 rings (SSSR count). The van der Waals surface area contributed by atoms with Gasteiger partial charge in [0.2, 0.25) is 0 Å². The third kappa shape index (κ3) is 4.84. The van der Waals surface area contributed by atoms with E-state index in [0.717, 1.165) is 29.2 Å². The minimum Gasteiger partial charge on any atom is -0.494 e. The maximum Gasteiger partial charge on any atom is 0.190 e. The van der Waals surface area contributed by atoms with Gasteiger partial charge in [0.15, 0.2) is 4.80 Å². The van der Waals surface area contributed by atoms with Crippen LogP contribution in [0.3, 0.4) is 0 Å². The van der Waals surface area contributed by atoms with Gasteiger partial charge in [0, 0.05) is 11.9 Å². The molecule has 0 aliphatic heterocycles. The van der Waals surface area contributed by atoms with E-state index in [1.165, 1.54) is 16.8 Å². The Morgan fingerprint density at radius 1 is 0.862 bits per heavy atom. The quantitative estimate of drug-likeness (QED) is 0.369. The third-order valence-corrected chi connectivity index (χ3v) is 5.57. The number of rotatable bonds is 7. The molecular formula is C25H24N2OS. The summed E-state index contributed by atoms with van der Waals surface area (Å²) in [5.41, 5.74) is 4.66.